The Kier molecular flexibility index (Phi) is 4.16. The third-order valence-corrected chi connectivity index (χ3v) is 2.37. The van der Waals surface area contributed by atoms with Gasteiger partial charge in [-0.15, -0.1) is 0 Å². The Balaban J connectivity index is 2.76. The Labute approximate surface area is 91.7 Å². The summed E-state index contributed by atoms with van der Waals surface area (Å²) in [4.78, 5) is 4.12. The van der Waals surface area contributed by atoms with Gasteiger partial charge in [0, 0.05) is 10.7 Å². The fourth-order valence-electron chi connectivity index (χ4n) is 1.05. The Morgan fingerprint density at radius 2 is 2.43 bits per heavy atom. The van der Waals surface area contributed by atoms with Crippen molar-refractivity contribution in [3.63, 3.8) is 0 Å². The van der Waals surface area contributed by atoms with E-state index in [2.05, 4.69) is 26.2 Å². The highest BCUT2D eigenvalue weighted by Gasteiger charge is 2.07. The maximum atomic E-state index is 8.99. The van der Waals surface area contributed by atoms with Gasteiger partial charge >= 0.3 is 0 Å². The number of anilines is 2. The second-order valence-electron chi connectivity index (χ2n) is 3.02. The molecule has 0 fully saturated rings. The molecule has 4 N–H and O–H groups in total. The number of nitrogens with two attached hydrogens (primary N) is 1. The molecule has 1 unspecified atom stereocenters. The Morgan fingerprint density at radius 1 is 1.71 bits per heavy atom. The molecule has 5 heteroatoms. The first-order valence-corrected chi connectivity index (χ1v) is 5.25. The molecule has 1 rings (SSSR count). The summed E-state index contributed by atoms with van der Waals surface area (Å²) in [6.45, 7) is 2.07. The van der Waals surface area contributed by atoms with Gasteiger partial charge in [-0.25, -0.2) is 4.98 Å². The Hall–Kier alpha value is -0.810. The van der Waals surface area contributed by atoms with Gasteiger partial charge in [-0.2, -0.15) is 0 Å². The topological polar surface area (TPSA) is 71.2 Å². The van der Waals surface area contributed by atoms with Gasteiger partial charge in [0.15, 0.2) is 0 Å². The van der Waals surface area contributed by atoms with E-state index in [4.69, 9.17) is 10.8 Å². The van der Waals surface area contributed by atoms with E-state index in [0.717, 1.165) is 10.9 Å². The van der Waals surface area contributed by atoms with Gasteiger partial charge in [0.2, 0.25) is 0 Å². The molecule has 14 heavy (non-hydrogen) atoms. The molecule has 0 spiro atoms. The second kappa shape index (κ2) is 5.17. The van der Waals surface area contributed by atoms with Crippen molar-refractivity contribution in [3.05, 3.63) is 16.7 Å². The first-order chi connectivity index (χ1) is 6.67. The van der Waals surface area contributed by atoms with Crippen LogP contribution in [0.25, 0.3) is 0 Å². The number of hydrogen-bond donors (Lipinski definition) is 3. The molecule has 0 amide bonds. The highest BCUT2D eigenvalue weighted by molar-refractivity contribution is 9.10. The van der Waals surface area contributed by atoms with Crippen LogP contribution in [0.4, 0.5) is 11.5 Å². The van der Waals surface area contributed by atoms with Gasteiger partial charge in [-0.05, 0) is 28.4 Å². The normalized spacial score (nSPS) is 12.5. The number of nitrogen functional groups attached to an aromatic ring is 1. The van der Waals surface area contributed by atoms with Crippen molar-refractivity contribution >= 4 is 27.4 Å². The van der Waals surface area contributed by atoms with E-state index in [0.29, 0.717) is 11.5 Å². The number of hydrogen-bond acceptors (Lipinski definition) is 4. The van der Waals surface area contributed by atoms with Crippen molar-refractivity contribution in [2.24, 2.45) is 0 Å². The smallest absolute Gasteiger partial charge is 0.149 e. The van der Waals surface area contributed by atoms with Crippen molar-refractivity contribution in [2.75, 3.05) is 17.7 Å². The molecule has 0 aliphatic heterocycles. The van der Waals surface area contributed by atoms with Gasteiger partial charge in [0.1, 0.15) is 5.82 Å². The highest BCUT2D eigenvalue weighted by Crippen LogP contribution is 2.20. The van der Waals surface area contributed by atoms with Gasteiger partial charge in [0.05, 0.1) is 18.3 Å². The number of aliphatic hydroxyl groups is 1. The lowest BCUT2D eigenvalue weighted by Crippen LogP contribution is -2.23. The van der Waals surface area contributed by atoms with Crippen LogP contribution in [0.1, 0.15) is 13.3 Å². The predicted molar refractivity (Wildman–Crippen MR) is 61.1 cm³/mol. The number of aliphatic hydroxyl groups excluding tert-OH is 1. The molecule has 0 bridgehead atoms. The highest BCUT2D eigenvalue weighted by atomic mass is 79.9. The quantitative estimate of drug-likeness (QED) is 0.769. The van der Waals surface area contributed by atoms with Gasteiger partial charge < -0.3 is 16.2 Å². The molecular formula is C9H14BrN3O. The molecular weight excluding hydrogens is 246 g/mol. The van der Waals surface area contributed by atoms with Gasteiger partial charge in [-0.1, -0.05) is 6.92 Å². The first kappa shape index (κ1) is 11.3. The number of aromatic nitrogens is 1. The zero-order valence-corrected chi connectivity index (χ0v) is 9.58. The van der Waals surface area contributed by atoms with Gasteiger partial charge in [-0.3, -0.25) is 0 Å². The lowest BCUT2D eigenvalue weighted by Gasteiger charge is -2.15. The van der Waals surface area contributed by atoms with Crippen LogP contribution in [0.3, 0.4) is 0 Å². The van der Waals surface area contributed by atoms with E-state index in [-0.39, 0.29) is 12.6 Å². The third-order valence-electron chi connectivity index (χ3n) is 1.94. The summed E-state index contributed by atoms with van der Waals surface area (Å²) in [5, 5.41) is 12.1. The lowest BCUT2D eigenvalue weighted by molar-refractivity contribution is 0.271. The van der Waals surface area contributed by atoms with Crippen LogP contribution in [0, 0.1) is 0 Å². The SMILES string of the molecule is CCC(CO)Nc1ncc(Br)cc1N. The maximum absolute atomic E-state index is 8.99. The lowest BCUT2D eigenvalue weighted by atomic mass is 10.2. The summed E-state index contributed by atoms with van der Waals surface area (Å²) in [7, 11) is 0. The molecule has 1 heterocycles. The Bertz CT molecular complexity index is 302. The third kappa shape index (κ3) is 2.85. The predicted octanol–water partition coefficient (Wildman–Crippen LogP) is 1.61. The summed E-state index contributed by atoms with van der Waals surface area (Å²) >= 11 is 3.28. The molecule has 4 nitrogen and oxygen atoms in total. The summed E-state index contributed by atoms with van der Waals surface area (Å²) in [6, 6.07) is 1.78. The fraction of sp³-hybridized carbons (Fsp3) is 0.444. The molecule has 78 valence electrons. The number of rotatable bonds is 4. The van der Waals surface area contributed by atoms with Crippen LogP contribution in [-0.2, 0) is 0 Å². The Morgan fingerprint density at radius 3 is 2.93 bits per heavy atom. The average molecular weight is 260 g/mol. The largest absolute Gasteiger partial charge is 0.396 e. The van der Waals surface area contributed by atoms with E-state index in [9.17, 15) is 0 Å². The van der Waals surface area contributed by atoms with Crippen LogP contribution < -0.4 is 11.1 Å². The van der Waals surface area contributed by atoms with Gasteiger partial charge in [0.25, 0.3) is 0 Å². The standard InChI is InChI=1S/C9H14BrN3O/c1-2-7(5-14)13-9-8(11)3-6(10)4-12-9/h3-4,7,14H,2,5,11H2,1H3,(H,12,13). The number of pyridine rings is 1. The summed E-state index contributed by atoms with van der Waals surface area (Å²) < 4.78 is 0.845. The summed E-state index contributed by atoms with van der Waals surface area (Å²) in [6.07, 6.45) is 2.50. The molecule has 1 aromatic heterocycles. The van der Waals surface area contributed by atoms with Crippen molar-refractivity contribution in [2.45, 2.75) is 19.4 Å². The monoisotopic (exact) mass is 259 g/mol. The molecule has 0 aliphatic rings. The number of nitrogens with zero attached hydrogens (tertiary/aromatic N) is 1. The first-order valence-electron chi connectivity index (χ1n) is 4.45. The second-order valence-corrected chi connectivity index (χ2v) is 3.94. The van der Waals surface area contributed by atoms with Crippen LogP contribution >= 0.6 is 15.9 Å². The number of nitrogens with one attached hydrogen (secondary N) is 1. The molecule has 0 radical (unpaired) electrons. The van der Waals surface area contributed by atoms with Crippen molar-refractivity contribution in [1.82, 2.24) is 4.98 Å². The molecule has 1 atom stereocenters. The van der Waals surface area contributed by atoms with E-state index in [1.165, 1.54) is 0 Å². The van der Waals surface area contributed by atoms with E-state index in [1.807, 2.05) is 6.92 Å². The fourth-order valence-corrected chi connectivity index (χ4v) is 1.39. The van der Waals surface area contributed by atoms with E-state index in [1.54, 1.807) is 12.3 Å². The zero-order chi connectivity index (χ0) is 10.6. The average Bonchev–Trinajstić information content (AvgIpc) is 2.17. The molecule has 0 aliphatic carbocycles. The summed E-state index contributed by atoms with van der Waals surface area (Å²) in [5.74, 6) is 0.620. The zero-order valence-electron chi connectivity index (χ0n) is 8.00. The summed E-state index contributed by atoms with van der Waals surface area (Å²) in [5.41, 5.74) is 6.32. The van der Waals surface area contributed by atoms with Crippen LogP contribution in [0.2, 0.25) is 0 Å². The number of halogens is 1. The van der Waals surface area contributed by atoms with E-state index >= 15 is 0 Å². The minimum absolute atomic E-state index is 0.00553. The van der Waals surface area contributed by atoms with Crippen LogP contribution in [0.15, 0.2) is 16.7 Å². The van der Waals surface area contributed by atoms with Crippen molar-refractivity contribution < 1.29 is 5.11 Å². The van der Waals surface area contributed by atoms with Crippen LogP contribution in [0.5, 0.6) is 0 Å². The maximum Gasteiger partial charge on any atom is 0.149 e. The van der Waals surface area contributed by atoms with E-state index < -0.39 is 0 Å². The van der Waals surface area contributed by atoms with Crippen LogP contribution in [-0.4, -0.2) is 22.7 Å². The molecule has 0 aromatic carbocycles. The minimum atomic E-state index is 0.00553. The molecule has 1 aromatic rings. The van der Waals surface area contributed by atoms with Crippen molar-refractivity contribution in [3.8, 4) is 0 Å². The molecule has 0 saturated heterocycles. The molecule has 0 saturated carbocycles. The minimum Gasteiger partial charge on any atom is -0.396 e. The van der Waals surface area contributed by atoms with Crippen molar-refractivity contribution in [1.29, 1.82) is 0 Å².